The van der Waals surface area contributed by atoms with Crippen molar-refractivity contribution in [3.63, 3.8) is 0 Å². The lowest BCUT2D eigenvalue weighted by Crippen LogP contribution is -2.32. The molecule has 1 atom stereocenters. The van der Waals surface area contributed by atoms with Gasteiger partial charge >= 0.3 is 0 Å². The number of fused-ring (bicyclic) bond motifs is 4. The number of anilines is 2. The van der Waals surface area contributed by atoms with Gasteiger partial charge in [0.1, 0.15) is 11.5 Å². The first-order valence-corrected chi connectivity index (χ1v) is 13.1. The molecule has 0 radical (unpaired) electrons. The smallest absolute Gasteiger partial charge is 0.279 e. The Morgan fingerprint density at radius 3 is 2.82 bits per heavy atom. The largest absolute Gasteiger partial charge is 0.381 e. The second-order valence-corrected chi connectivity index (χ2v) is 10.7. The first kappa shape index (κ1) is 23.7. The Labute approximate surface area is 225 Å². The number of hydrogen-bond donors (Lipinski definition) is 1. The molecule has 3 aliphatic rings. The topological polar surface area (TPSA) is 108 Å². The molecule has 1 aliphatic carbocycles. The number of aliphatic imine (C=N–C) groups is 1. The highest BCUT2D eigenvalue weighted by Crippen LogP contribution is 2.51. The number of nitrogens with one attached hydrogen (secondary N) is 1. The van der Waals surface area contributed by atoms with Crippen LogP contribution in [0.4, 0.5) is 11.5 Å². The number of aromatic nitrogens is 3. The van der Waals surface area contributed by atoms with Crippen molar-refractivity contribution in [2.45, 2.75) is 30.7 Å². The fourth-order valence-corrected chi connectivity index (χ4v) is 6.37. The molecule has 194 valence electrons. The van der Waals surface area contributed by atoms with Gasteiger partial charge in [0.25, 0.3) is 5.91 Å². The lowest BCUT2D eigenvalue weighted by Gasteiger charge is -2.35. The van der Waals surface area contributed by atoms with Crippen LogP contribution in [0.25, 0.3) is 16.9 Å². The number of pyridine rings is 2. The minimum absolute atomic E-state index is 0.114. The zero-order valence-corrected chi connectivity index (χ0v) is 21.8. The molecule has 0 bridgehead atoms. The monoisotopic (exact) mass is 517 g/mol. The van der Waals surface area contributed by atoms with E-state index in [0.29, 0.717) is 28.3 Å². The normalized spacial score (nSPS) is 19.0. The van der Waals surface area contributed by atoms with Crippen molar-refractivity contribution >= 4 is 29.3 Å². The van der Waals surface area contributed by atoms with Crippen molar-refractivity contribution < 1.29 is 9.53 Å². The quantitative estimate of drug-likeness (QED) is 0.420. The molecule has 39 heavy (non-hydrogen) atoms. The van der Waals surface area contributed by atoms with Crippen LogP contribution in [-0.4, -0.2) is 58.7 Å². The van der Waals surface area contributed by atoms with Crippen LogP contribution in [0.15, 0.2) is 53.8 Å². The zero-order valence-electron chi connectivity index (χ0n) is 21.8. The number of carbonyl (C=O) groups is 1. The van der Waals surface area contributed by atoms with Gasteiger partial charge in [-0.25, -0.2) is 15.0 Å². The molecular weight excluding hydrogens is 490 g/mol. The van der Waals surface area contributed by atoms with Gasteiger partial charge < -0.3 is 15.0 Å². The molecule has 4 aromatic rings. The number of ether oxygens (including phenoxy) is 1. The summed E-state index contributed by atoms with van der Waals surface area (Å²) in [6.45, 7) is 1.57. The fraction of sp³-hybridized carbons (Fsp3) is 0.300. The molecular formula is C30H27N7O2. The molecule has 7 rings (SSSR count). The van der Waals surface area contributed by atoms with E-state index in [1.54, 1.807) is 24.5 Å². The van der Waals surface area contributed by atoms with Crippen molar-refractivity contribution in [1.29, 1.82) is 5.26 Å². The first-order chi connectivity index (χ1) is 19.0. The molecule has 1 N–H and O–H groups in total. The van der Waals surface area contributed by atoms with Crippen molar-refractivity contribution in [2.75, 3.05) is 32.6 Å². The van der Waals surface area contributed by atoms with Gasteiger partial charge in [-0.3, -0.25) is 9.20 Å². The summed E-state index contributed by atoms with van der Waals surface area (Å²) in [5.74, 6) is 0.418. The predicted octanol–water partition coefficient (Wildman–Crippen LogP) is 4.64. The van der Waals surface area contributed by atoms with E-state index in [1.807, 2.05) is 28.8 Å². The van der Waals surface area contributed by atoms with Crippen molar-refractivity contribution in [1.82, 2.24) is 19.3 Å². The van der Waals surface area contributed by atoms with Crippen LogP contribution in [0.1, 0.15) is 58.0 Å². The van der Waals surface area contributed by atoms with E-state index in [4.69, 9.17) is 9.72 Å². The summed E-state index contributed by atoms with van der Waals surface area (Å²) in [7, 11) is 4.22. The minimum atomic E-state index is -0.288. The van der Waals surface area contributed by atoms with E-state index < -0.39 is 0 Å². The maximum absolute atomic E-state index is 12.9. The van der Waals surface area contributed by atoms with E-state index in [9.17, 15) is 10.1 Å². The summed E-state index contributed by atoms with van der Waals surface area (Å²) in [6.07, 6.45) is 8.27. The Hall–Kier alpha value is -4.39. The third-order valence-electron chi connectivity index (χ3n) is 8.42. The molecule has 1 amide bonds. The van der Waals surface area contributed by atoms with Crippen LogP contribution in [0.3, 0.4) is 0 Å². The van der Waals surface area contributed by atoms with Gasteiger partial charge in [-0.1, -0.05) is 12.1 Å². The summed E-state index contributed by atoms with van der Waals surface area (Å²) in [6, 6.07) is 14.0. The van der Waals surface area contributed by atoms with Crippen LogP contribution in [-0.2, 0) is 10.2 Å². The zero-order chi connectivity index (χ0) is 26.7. The summed E-state index contributed by atoms with van der Waals surface area (Å²) in [5, 5.41) is 12.7. The highest BCUT2D eigenvalue weighted by Gasteiger charge is 2.46. The standard InChI is InChI=1S/C30H27N7O2/c1-36(2)23-14-30(8-11-39-12-9-30)21-4-6-25(35-28(21)23)34-22-5-3-19(20-16-33-29(38)27(20)22)24-17-32-26-13-18(15-31)7-10-37(24)26/h3-7,10,13,16-17,23H,8-9,11-12,14H2,1-2H3,(H,34,35). The maximum Gasteiger partial charge on any atom is 0.279 e. The Bertz CT molecular complexity index is 1720. The number of nitriles is 1. The van der Waals surface area contributed by atoms with Gasteiger partial charge in [0.2, 0.25) is 0 Å². The second-order valence-electron chi connectivity index (χ2n) is 10.7. The Kier molecular flexibility index (Phi) is 5.37. The van der Waals surface area contributed by atoms with E-state index >= 15 is 0 Å². The van der Waals surface area contributed by atoms with Crippen LogP contribution >= 0.6 is 0 Å². The molecule has 0 saturated carbocycles. The molecule has 5 heterocycles. The minimum Gasteiger partial charge on any atom is -0.381 e. The molecule has 2 aliphatic heterocycles. The first-order valence-electron chi connectivity index (χ1n) is 13.1. The van der Waals surface area contributed by atoms with Crippen molar-refractivity contribution in [3.05, 3.63) is 76.7 Å². The van der Waals surface area contributed by atoms with E-state index in [2.05, 4.69) is 46.4 Å². The third-order valence-corrected chi connectivity index (χ3v) is 8.42. The summed E-state index contributed by atoms with van der Waals surface area (Å²) >= 11 is 0. The highest BCUT2D eigenvalue weighted by molar-refractivity contribution is 6.19. The van der Waals surface area contributed by atoms with E-state index in [1.165, 1.54) is 5.56 Å². The number of imidazole rings is 1. The predicted molar refractivity (Wildman–Crippen MR) is 148 cm³/mol. The molecule has 1 unspecified atom stereocenters. The average Bonchev–Trinajstić information content (AvgIpc) is 3.64. The third kappa shape index (κ3) is 3.67. The Morgan fingerprint density at radius 2 is 2.03 bits per heavy atom. The Balaban J connectivity index is 1.27. The van der Waals surface area contributed by atoms with E-state index in [-0.39, 0.29) is 17.4 Å². The van der Waals surface area contributed by atoms with Crippen LogP contribution in [0, 0.1) is 11.3 Å². The van der Waals surface area contributed by atoms with Gasteiger partial charge in [0.15, 0.2) is 0 Å². The maximum atomic E-state index is 12.9. The number of benzene rings is 1. The Morgan fingerprint density at radius 1 is 1.18 bits per heavy atom. The second kappa shape index (κ2) is 8.83. The van der Waals surface area contributed by atoms with Crippen molar-refractivity contribution in [3.8, 4) is 17.3 Å². The van der Waals surface area contributed by atoms with Crippen LogP contribution in [0.2, 0.25) is 0 Å². The number of hydrogen-bond acceptors (Lipinski definition) is 7. The molecule has 3 aromatic heterocycles. The highest BCUT2D eigenvalue weighted by atomic mass is 16.5. The number of rotatable bonds is 4. The summed E-state index contributed by atoms with van der Waals surface area (Å²) in [5.41, 5.74) is 7.35. The fourth-order valence-electron chi connectivity index (χ4n) is 6.37. The number of nitrogens with zero attached hydrogens (tertiary/aromatic N) is 6. The van der Waals surface area contributed by atoms with Gasteiger partial charge in [-0.15, -0.1) is 0 Å². The molecule has 1 saturated heterocycles. The van der Waals surface area contributed by atoms with E-state index in [0.717, 1.165) is 55.0 Å². The SMILES string of the molecule is CN(C)C1CC2(CCOCC2)c2ccc(Nc3ccc(-c4cnc5cc(C#N)ccn45)c4c3C(=O)N=C4)nc21. The molecule has 1 fully saturated rings. The summed E-state index contributed by atoms with van der Waals surface area (Å²) < 4.78 is 7.60. The van der Waals surface area contributed by atoms with Gasteiger partial charge in [-0.05, 0) is 63.2 Å². The van der Waals surface area contributed by atoms with Crippen molar-refractivity contribution in [2.24, 2.45) is 4.99 Å². The number of carbonyl (C=O) groups excluding carboxylic acids is 1. The van der Waals surface area contributed by atoms with Gasteiger partial charge in [-0.2, -0.15) is 5.26 Å². The average molecular weight is 518 g/mol. The van der Waals surface area contributed by atoms with Crippen LogP contribution in [0.5, 0.6) is 0 Å². The molecule has 9 heteroatoms. The summed E-state index contributed by atoms with van der Waals surface area (Å²) in [4.78, 5) is 28.9. The molecule has 1 spiro atoms. The lowest BCUT2D eigenvalue weighted by molar-refractivity contribution is 0.0443. The molecule has 1 aromatic carbocycles. The number of amides is 1. The lowest BCUT2D eigenvalue weighted by atomic mass is 9.75. The van der Waals surface area contributed by atoms with Gasteiger partial charge in [0, 0.05) is 42.2 Å². The molecule has 9 nitrogen and oxygen atoms in total. The van der Waals surface area contributed by atoms with Gasteiger partial charge in [0.05, 0.1) is 46.5 Å². The van der Waals surface area contributed by atoms with Crippen LogP contribution < -0.4 is 5.32 Å².